The second kappa shape index (κ2) is 6.07. The van der Waals surface area contributed by atoms with E-state index in [0.717, 1.165) is 5.69 Å². The van der Waals surface area contributed by atoms with Crippen molar-refractivity contribution in [1.29, 1.82) is 0 Å². The smallest absolute Gasteiger partial charge is 0.141 e. The summed E-state index contributed by atoms with van der Waals surface area (Å²) in [6.45, 7) is 2.11. The highest BCUT2D eigenvalue weighted by Crippen LogP contribution is 2.27. The van der Waals surface area contributed by atoms with Gasteiger partial charge in [-0.25, -0.2) is 4.39 Å². The van der Waals surface area contributed by atoms with Crippen molar-refractivity contribution in [2.75, 3.05) is 5.32 Å². The molecule has 1 nitrogen and oxygen atoms in total. The number of hydrogen-bond donors (Lipinski definition) is 1. The third-order valence-electron chi connectivity index (χ3n) is 4.18. The predicted octanol–water partition coefficient (Wildman–Crippen LogP) is 5.53. The van der Waals surface area contributed by atoms with Crippen LogP contribution in [0.3, 0.4) is 0 Å². The van der Waals surface area contributed by atoms with Crippen LogP contribution in [0.4, 0.5) is 10.1 Å². The first kappa shape index (κ1) is 14.4. The molecular weight excluding hydrogens is 285 g/mol. The number of halogens is 2. The second-order valence-electron chi connectivity index (χ2n) is 5.73. The summed E-state index contributed by atoms with van der Waals surface area (Å²) >= 11 is 5.82. The van der Waals surface area contributed by atoms with Gasteiger partial charge >= 0.3 is 0 Å². The fourth-order valence-corrected chi connectivity index (χ4v) is 3.12. The van der Waals surface area contributed by atoms with Gasteiger partial charge in [0.25, 0.3) is 0 Å². The molecule has 21 heavy (non-hydrogen) atoms. The number of aryl methyl sites for hydroxylation is 2. The number of fused-ring (bicyclic) bond motifs is 1. The van der Waals surface area contributed by atoms with Crippen molar-refractivity contribution in [3.05, 3.63) is 63.9 Å². The van der Waals surface area contributed by atoms with Gasteiger partial charge in [0, 0.05) is 11.7 Å². The van der Waals surface area contributed by atoms with Gasteiger partial charge in [0.05, 0.1) is 5.02 Å². The molecule has 0 fully saturated rings. The average Bonchev–Trinajstić information content (AvgIpc) is 2.50. The number of rotatable bonds is 3. The molecule has 0 heterocycles. The maximum Gasteiger partial charge on any atom is 0.141 e. The van der Waals surface area contributed by atoms with Crippen molar-refractivity contribution in [1.82, 2.24) is 0 Å². The highest BCUT2D eigenvalue weighted by atomic mass is 35.5. The van der Waals surface area contributed by atoms with E-state index < -0.39 is 0 Å². The first-order chi connectivity index (χ1) is 10.1. The summed E-state index contributed by atoms with van der Waals surface area (Å²) in [6, 6.07) is 11.6. The normalized spacial score (nSPS) is 15.4. The minimum Gasteiger partial charge on any atom is -0.378 e. The lowest BCUT2D eigenvalue weighted by atomic mass is 9.89. The van der Waals surface area contributed by atoms with E-state index in [9.17, 15) is 4.39 Å². The highest BCUT2D eigenvalue weighted by Gasteiger charge is 2.12. The summed E-state index contributed by atoms with van der Waals surface area (Å²) in [7, 11) is 0. The first-order valence-corrected chi connectivity index (χ1v) is 7.84. The van der Waals surface area contributed by atoms with Gasteiger partial charge in [-0.05, 0) is 67.5 Å². The summed E-state index contributed by atoms with van der Waals surface area (Å²) < 4.78 is 13.2. The van der Waals surface area contributed by atoms with Gasteiger partial charge in [-0.1, -0.05) is 29.8 Å². The summed E-state index contributed by atoms with van der Waals surface area (Å²) in [4.78, 5) is 0. The fraction of sp³-hybridized carbons (Fsp3) is 0.333. The standard InChI is InChI=1S/C18H19ClFN/c1-12(21-16-8-9-18(20)17(19)11-16)14-7-6-13-4-2-3-5-15(13)10-14/h6-12,21H,2-5H2,1H3. The van der Waals surface area contributed by atoms with Crippen LogP contribution in [0.15, 0.2) is 36.4 Å². The maximum absolute atomic E-state index is 13.2. The van der Waals surface area contributed by atoms with E-state index in [2.05, 4.69) is 30.4 Å². The van der Waals surface area contributed by atoms with E-state index in [1.165, 1.54) is 48.4 Å². The highest BCUT2D eigenvalue weighted by molar-refractivity contribution is 6.31. The molecular formula is C18H19ClFN. The first-order valence-electron chi connectivity index (χ1n) is 7.47. The average molecular weight is 304 g/mol. The van der Waals surface area contributed by atoms with Crippen molar-refractivity contribution >= 4 is 17.3 Å². The molecule has 3 heteroatoms. The number of anilines is 1. The van der Waals surface area contributed by atoms with Crippen molar-refractivity contribution in [3.8, 4) is 0 Å². The summed E-state index contributed by atoms with van der Waals surface area (Å²) in [6.07, 6.45) is 4.96. The van der Waals surface area contributed by atoms with E-state index in [1.54, 1.807) is 12.1 Å². The number of nitrogens with one attached hydrogen (secondary N) is 1. The molecule has 1 aliphatic rings. The lowest BCUT2D eigenvalue weighted by Gasteiger charge is -2.20. The Kier molecular flexibility index (Phi) is 4.16. The summed E-state index contributed by atoms with van der Waals surface area (Å²) in [5.74, 6) is -0.386. The van der Waals surface area contributed by atoms with Crippen molar-refractivity contribution in [2.24, 2.45) is 0 Å². The van der Waals surface area contributed by atoms with E-state index >= 15 is 0 Å². The van der Waals surface area contributed by atoms with Crippen LogP contribution < -0.4 is 5.32 Å². The molecule has 2 aromatic carbocycles. The maximum atomic E-state index is 13.2. The van der Waals surface area contributed by atoms with Crippen molar-refractivity contribution in [2.45, 2.75) is 38.6 Å². The molecule has 0 bridgehead atoms. The predicted molar refractivity (Wildman–Crippen MR) is 86.5 cm³/mol. The largest absolute Gasteiger partial charge is 0.378 e. The van der Waals surface area contributed by atoms with Crippen LogP contribution >= 0.6 is 11.6 Å². The lowest BCUT2D eigenvalue weighted by Crippen LogP contribution is -2.09. The molecule has 3 rings (SSSR count). The van der Waals surface area contributed by atoms with Crippen LogP contribution in [0.25, 0.3) is 0 Å². The molecule has 0 spiro atoms. The molecule has 110 valence electrons. The Balaban J connectivity index is 1.78. The molecule has 0 saturated carbocycles. The van der Waals surface area contributed by atoms with Crippen LogP contribution in [0, 0.1) is 5.82 Å². The topological polar surface area (TPSA) is 12.0 Å². The zero-order valence-corrected chi connectivity index (χ0v) is 12.9. The minimum atomic E-state index is -0.386. The Bertz CT molecular complexity index is 654. The van der Waals surface area contributed by atoms with Crippen LogP contribution in [0.2, 0.25) is 5.02 Å². The molecule has 0 aliphatic heterocycles. The van der Waals surface area contributed by atoms with Gasteiger partial charge in [-0.3, -0.25) is 0 Å². The van der Waals surface area contributed by atoms with E-state index in [4.69, 9.17) is 11.6 Å². The van der Waals surface area contributed by atoms with E-state index in [0.29, 0.717) is 0 Å². The lowest BCUT2D eigenvalue weighted by molar-refractivity contribution is 0.628. The molecule has 2 aromatic rings. The quantitative estimate of drug-likeness (QED) is 0.786. The molecule has 0 amide bonds. The Labute approximate surface area is 130 Å². The molecule has 1 atom stereocenters. The Hall–Kier alpha value is -1.54. The van der Waals surface area contributed by atoms with Crippen molar-refractivity contribution in [3.63, 3.8) is 0 Å². The summed E-state index contributed by atoms with van der Waals surface area (Å²) in [5.41, 5.74) is 5.06. The molecule has 0 radical (unpaired) electrons. The van der Waals surface area contributed by atoms with E-state index in [1.807, 2.05) is 0 Å². The molecule has 1 unspecified atom stereocenters. The van der Waals surface area contributed by atoms with Crippen LogP contribution in [-0.4, -0.2) is 0 Å². The Morgan fingerprint density at radius 2 is 1.81 bits per heavy atom. The molecule has 0 aromatic heterocycles. The van der Waals surface area contributed by atoms with Gasteiger partial charge in [-0.2, -0.15) is 0 Å². The van der Waals surface area contributed by atoms with Crippen molar-refractivity contribution < 1.29 is 4.39 Å². The summed E-state index contributed by atoms with van der Waals surface area (Å²) in [5, 5.41) is 3.53. The van der Waals surface area contributed by atoms with Gasteiger partial charge in [0.2, 0.25) is 0 Å². The Morgan fingerprint density at radius 1 is 1.05 bits per heavy atom. The SMILES string of the molecule is CC(Nc1ccc(F)c(Cl)c1)c1ccc2c(c1)CCCC2. The van der Waals surface area contributed by atoms with Crippen LogP contribution in [0.1, 0.15) is 42.5 Å². The third kappa shape index (κ3) is 3.21. The molecule has 1 N–H and O–H groups in total. The van der Waals surface area contributed by atoms with Gasteiger partial charge in [0.1, 0.15) is 5.82 Å². The Morgan fingerprint density at radius 3 is 2.57 bits per heavy atom. The molecule has 0 saturated heterocycles. The monoisotopic (exact) mass is 303 g/mol. The number of hydrogen-bond acceptors (Lipinski definition) is 1. The molecule has 1 aliphatic carbocycles. The zero-order valence-electron chi connectivity index (χ0n) is 12.1. The zero-order chi connectivity index (χ0) is 14.8. The second-order valence-corrected chi connectivity index (χ2v) is 6.14. The minimum absolute atomic E-state index is 0.151. The third-order valence-corrected chi connectivity index (χ3v) is 4.46. The van der Waals surface area contributed by atoms with Gasteiger partial charge in [0.15, 0.2) is 0 Å². The fourth-order valence-electron chi connectivity index (χ4n) is 2.94. The van der Waals surface area contributed by atoms with Crippen LogP contribution in [0.5, 0.6) is 0 Å². The number of benzene rings is 2. The van der Waals surface area contributed by atoms with Gasteiger partial charge in [-0.15, -0.1) is 0 Å². The van der Waals surface area contributed by atoms with E-state index in [-0.39, 0.29) is 16.9 Å². The van der Waals surface area contributed by atoms with Crippen LogP contribution in [-0.2, 0) is 12.8 Å². The van der Waals surface area contributed by atoms with Gasteiger partial charge < -0.3 is 5.32 Å².